The van der Waals surface area contributed by atoms with Crippen molar-refractivity contribution in [2.45, 2.75) is 0 Å². The van der Waals surface area contributed by atoms with E-state index in [4.69, 9.17) is 25.8 Å². The maximum atomic E-state index is 5.80. The first-order valence-corrected chi connectivity index (χ1v) is 5.64. The third kappa shape index (κ3) is 2.65. The molecule has 0 spiro atoms. The molecule has 0 N–H and O–H groups in total. The van der Waals surface area contributed by atoms with Gasteiger partial charge in [-0.25, -0.2) is 4.98 Å². The molecule has 1 heterocycles. The van der Waals surface area contributed by atoms with E-state index in [0.29, 0.717) is 28.3 Å². The van der Waals surface area contributed by atoms with Gasteiger partial charge in [0.1, 0.15) is 5.15 Å². The number of halogens is 1. The van der Waals surface area contributed by atoms with Gasteiger partial charge in [-0.1, -0.05) is 23.7 Å². The van der Waals surface area contributed by atoms with Gasteiger partial charge in [0.25, 0.3) is 0 Å². The lowest BCUT2D eigenvalue weighted by atomic mass is 10.3. The number of aromatic nitrogens is 1. The summed E-state index contributed by atoms with van der Waals surface area (Å²) >= 11 is 5.80. The summed E-state index contributed by atoms with van der Waals surface area (Å²) < 4.78 is 16.1. The van der Waals surface area contributed by atoms with Crippen LogP contribution in [0.25, 0.3) is 0 Å². The number of rotatable bonds is 4. The van der Waals surface area contributed by atoms with Crippen LogP contribution >= 0.6 is 11.6 Å². The Kier molecular flexibility index (Phi) is 3.89. The molecule has 0 bridgehead atoms. The number of ether oxygens (including phenoxy) is 3. The van der Waals surface area contributed by atoms with Gasteiger partial charge in [0.15, 0.2) is 11.5 Å². The summed E-state index contributed by atoms with van der Waals surface area (Å²) in [7, 11) is 3.13. The highest BCUT2D eigenvalue weighted by atomic mass is 35.5. The molecule has 2 aromatic rings. The van der Waals surface area contributed by atoms with E-state index in [-0.39, 0.29) is 0 Å². The maximum Gasteiger partial charge on any atom is 0.221 e. The van der Waals surface area contributed by atoms with Crippen LogP contribution in [-0.4, -0.2) is 19.2 Å². The summed E-state index contributed by atoms with van der Waals surface area (Å²) in [6.07, 6.45) is 0. The second-order valence-electron chi connectivity index (χ2n) is 3.39. The van der Waals surface area contributed by atoms with E-state index in [1.165, 1.54) is 0 Å². The SMILES string of the molecule is COc1cccc(OC)c1Oc1cccc(Cl)n1. The highest BCUT2D eigenvalue weighted by Gasteiger charge is 2.12. The normalized spacial score (nSPS) is 9.94. The minimum Gasteiger partial charge on any atom is -0.493 e. The third-order valence-corrected chi connectivity index (χ3v) is 2.49. The van der Waals surface area contributed by atoms with E-state index < -0.39 is 0 Å². The highest BCUT2D eigenvalue weighted by molar-refractivity contribution is 6.29. The molecule has 2 rings (SSSR count). The van der Waals surface area contributed by atoms with Crippen LogP contribution in [0, 0.1) is 0 Å². The van der Waals surface area contributed by atoms with E-state index in [9.17, 15) is 0 Å². The molecule has 0 unspecified atom stereocenters. The Morgan fingerprint density at radius 3 is 2.11 bits per heavy atom. The molecule has 0 aliphatic heterocycles. The Morgan fingerprint density at radius 1 is 0.944 bits per heavy atom. The van der Waals surface area contributed by atoms with Crippen molar-refractivity contribution in [3.05, 3.63) is 41.6 Å². The van der Waals surface area contributed by atoms with Crippen LogP contribution < -0.4 is 14.2 Å². The number of hydrogen-bond acceptors (Lipinski definition) is 4. The molecule has 5 heteroatoms. The van der Waals surface area contributed by atoms with Crippen molar-refractivity contribution in [3.8, 4) is 23.1 Å². The van der Waals surface area contributed by atoms with Gasteiger partial charge in [0.2, 0.25) is 11.6 Å². The van der Waals surface area contributed by atoms with Gasteiger partial charge in [0, 0.05) is 6.07 Å². The van der Waals surface area contributed by atoms with Crippen molar-refractivity contribution in [3.63, 3.8) is 0 Å². The molecule has 0 aliphatic carbocycles. The lowest BCUT2D eigenvalue weighted by molar-refractivity contribution is 0.342. The van der Waals surface area contributed by atoms with Crippen molar-refractivity contribution >= 4 is 11.6 Å². The van der Waals surface area contributed by atoms with Gasteiger partial charge in [-0.15, -0.1) is 0 Å². The van der Waals surface area contributed by atoms with Crippen LogP contribution in [0.15, 0.2) is 36.4 Å². The molecule has 0 saturated heterocycles. The largest absolute Gasteiger partial charge is 0.493 e. The fourth-order valence-electron chi connectivity index (χ4n) is 1.47. The van der Waals surface area contributed by atoms with Gasteiger partial charge in [0.05, 0.1) is 14.2 Å². The Hall–Kier alpha value is -1.94. The summed E-state index contributed by atoms with van der Waals surface area (Å²) in [6.45, 7) is 0. The quantitative estimate of drug-likeness (QED) is 0.793. The van der Waals surface area contributed by atoms with Gasteiger partial charge in [-0.05, 0) is 18.2 Å². The highest BCUT2D eigenvalue weighted by Crippen LogP contribution is 2.39. The lowest BCUT2D eigenvalue weighted by Gasteiger charge is -2.13. The first-order valence-electron chi connectivity index (χ1n) is 5.26. The van der Waals surface area contributed by atoms with E-state index >= 15 is 0 Å². The third-order valence-electron chi connectivity index (χ3n) is 2.28. The minimum atomic E-state index is 0.362. The van der Waals surface area contributed by atoms with Crippen molar-refractivity contribution in [1.29, 1.82) is 0 Å². The summed E-state index contributed by atoms with van der Waals surface area (Å²) in [4.78, 5) is 4.05. The Morgan fingerprint density at radius 2 is 1.56 bits per heavy atom. The van der Waals surface area contributed by atoms with Crippen molar-refractivity contribution in [2.75, 3.05) is 14.2 Å². The number of hydrogen-bond donors (Lipinski definition) is 0. The molecule has 1 aromatic heterocycles. The standard InChI is InChI=1S/C13H12ClNO3/c1-16-9-5-3-6-10(17-2)13(9)18-12-8-4-7-11(14)15-12/h3-8H,1-2H3. The predicted molar refractivity (Wildman–Crippen MR) is 68.9 cm³/mol. The fourth-order valence-corrected chi connectivity index (χ4v) is 1.62. The van der Waals surface area contributed by atoms with E-state index in [0.717, 1.165) is 0 Å². The Bertz CT molecular complexity index is 523. The van der Waals surface area contributed by atoms with Gasteiger partial charge in [-0.3, -0.25) is 0 Å². The van der Waals surface area contributed by atoms with Crippen LogP contribution in [0.3, 0.4) is 0 Å². The van der Waals surface area contributed by atoms with Gasteiger partial charge >= 0.3 is 0 Å². The average Bonchev–Trinajstić information content (AvgIpc) is 2.39. The number of methoxy groups -OCH3 is 2. The fraction of sp³-hybridized carbons (Fsp3) is 0.154. The van der Waals surface area contributed by atoms with Gasteiger partial charge < -0.3 is 14.2 Å². The summed E-state index contributed by atoms with van der Waals surface area (Å²) in [5.74, 6) is 1.98. The summed E-state index contributed by atoms with van der Waals surface area (Å²) in [5.41, 5.74) is 0. The number of nitrogens with zero attached hydrogens (tertiary/aromatic N) is 1. The Labute approximate surface area is 110 Å². The number of benzene rings is 1. The molecule has 94 valence electrons. The molecule has 0 amide bonds. The summed E-state index contributed by atoms with van der Waals surface area (Å²) in [5, 5.41) is 0.362. The van der Waals surface area contributed by atoms with E-state index in [2.05, 4.69) is 4.98 Å². The zero-order chi connectivity index (χ0) is 13.0. The zero-order valence-corrected chi connectivity index (χ0v) is 10.8. The van der Waals surface area contributed by atoms with Crippen LogP contribution in [0.5, 0.6) is 23.1 Å². The molecule has 0 atom stereocenters. The predicted octanol–water partition coefficient (Wildman–Crippen LogP) is 3.54. The smallest absolute Gasteiger partial charge is 0.221 e. The monoisotopic (exact) mass is 265 g/mol. The molecule has 4 nitrogen and oxygen atoms in total. The Balaban J connectivity index is 2.38. The second-order valence-corrected chi connectivity index (χ2v) is 3.78. The molecule has 0 aliphatic rings. The van der Waals surface area contributed by atoms with Gasteiger partial charge in [-0.2, -0.15) is 0 Å². The number of para-hydroxylation sites is 1. The van der Waals surface area contributed by atoms with Crippen LogP contribution in [0.4, 0.5) is 0 Å². The molecule has 18 heavy (non-hydrogen) atoms. The van der Waals surface area contributed by atoms with E-state index in [1.54, 1.807) is 44.6 Å². The topological polar surface area (TPSA) is 40.6 Å². The van der Waals surface area contributed by atoms with Crippen LogP contribution in [0.1, 0.15) is 0 Å². The molecular weight excluding hydrogens is 254 g/mol. The van der Waals surface area contributed by atoms with Crippen LogP contribution in [0.2, 0.25) is 5.15 Å². The molecule has 1 aromatic carbocycles. The molecular formula is C13H12ClNO3. The number of pyridine rings is 1. The van der Waals surface area contributed by atoms with E-state index in [1.807, 2.05) is 6.07 Å². The first kappa shape index (κ1) is 12.5. The maximum absolute atomic E-state index is 5.80. The lowest BCUT2D eigenvalue weighted by Crippen LogP contribution is -1.95. The molecule has 0 saturated carbocycles. The molecule has 0 fully saturated rings. The summed E-state index contributed by atoms with van der Waals surface area (Å²) in [6, 6.07) is 10.5. The van der Waals surface area contributed by atoms with Crippen molar-refractivity contribution < 1.29 is 14.2 Å². The minimum absolute atomic E-state index is 0.362. The second kappa shape index (κ2) is 5.60. The first-order chi connectivity index (χ1) is 8.74. The molecule has 0 radical (unpaired) electrons. The van der Waals surface area contributed by atoms with Crippen molar-refractivity contribution in [2.24, 2.45) is 0 Å². The van der Waals surface area contributed by atoms with Crippen LogP contribution in [-0.2, 0) is 0 Å². The van der Waals surface area contributed by atoms with Crippen molar-refractivity contribution in [1.82, 2.24) is 4.98 Å². The zero-order valence-electron chi connectivity index (χ0n) is 10.0. The average molecular weight is 266 g/mol.